The van der Waals surface area contributed by atoms with Gasteiger partial charge in [0.15, 0.2) is 11.6 Å². The van der Waals surface area contributed by atoms with Crippen LogP contribution in [0.4, 0.5) is 22.0 Å². The Labute approximate surface area is 182 Å². The molecule has 0 N–H and O–H groups in total. The Morgan fingerprint density at radius 3 is 2.16 bits per heavy atom. The second-order valence-electron chi connectivity index (χ2n) is 6.94. The smallest absolute Gasteiger partial charge is 0.397 e. The number of alkyl halides is 3. The van der Waals surface area contributed by atoms with Gasteiger partial charge in [-0.15, -0.1) is 0 Å². The van der Waals surface area contributed by atoms with Crippen LogP contribution in [0.3, 0.4) is 0 Å². The Balaban J connectivity index is 1.63. The minimum Gasteiger partial charge on any atom is -0.494 e. The molecule has 0 saturated heterocycles. The number of rotatable bonds is 9. The van der Waals surface area contributed by atoms with E-state index in [0.29, 0.717) is 23.7 Å². The van der Waals surface area contributed by atoms with Gasteiger partial charge in [0, 0.05) is 6.07 Å². The molecule has 0 saturated carbocycles. The highest BCUT2D eigenvalue weighted by molar-refractivity contribution is 5.34. The van der Waals surface area contributed by atoms with Gasteiger partial charge in [-0.05, 0) is 54.4 Å². The largest absolute Gasteiger partial charge is 0.494 e. The maximum Gasteiger partial charge on any atom is 0.397 e. The summed E-state index contributed by atoms with van der Waals surface area (Å²) in [5.41, 5.74) is 0.647. The number of hydrogen-bond acceptors (Lipinski definition) is 3. The van der Waals surface area contributed by atoms with Gasteiger partial charge in [-0.2, -0.15) is 13.2 Å². The SMILES string of the molecule is CCOc1ccc(C(COCc2cccc(Oc3ccc(F)c(F)c3)c2)C(F)(F)F)cc1. The minimum atomic E-state index is -4.48. The second-order valence-corrected chi connectivity index (χ2v) is 6.94. The molecule has 0 aliphatic heterocycles. The third-order valence-electron chi connectivity index (χ3n) is 4.57. The zero-order valence-electron chi connectivity index (χ0n) is 17.2. The molecular weight excluding hydrogens is 431 g/mol. The zero-order chi connectivity index (χ0) is 23.1. The van der Waals surface area contributed by atoms with E-state index >= 15 is 0 Å². The van der Waals surface area contributed by atoms with Gasteiger partial charge >= 0.3 is 6.18 Å². The van der Waals surface area contributed by atoms with Crippen LogP contribution < -0.4 is 9.47 Å². The van der Waals surface area contributed by atoms with Gasteiger partial charge in [0.05, 0.1) is 19.8 Å². The molecule has 1 atom stereocenters. The van der Waals surface area contributed by atoms with Gasteiger partial charge in [0.25, 0.3) is 0 Å². The van der Waals surface area contributed by atoms with Crippen LogP contribution in [0.1, 0.15) is 24.0 Å². The molecule has 0 aromatic heterocycles. The quantitative estimate of drug-likeness (QED) is 0.327. The van der Waals surface area contributed by atoms with Crippen molar-refractivity contribution in [3.63, 3.8) is 0 Å². The van der Waals surface area contributed by atoms with Crippen molar-refractivity contribution in [3.05, 3.63) is 89.5 Å². The molecule has 3 aromatic rings. The van der Waals surface area contributed by atoms with E-state index in [9.17, 15) is 22.0 Å². The summed E-state index contributed by atoms with van der Waals surface area (Å²) in [5, 5.41) is 0. The van der Waals surface area contributed by atoms with Gasteiger partial charge in [-0.3, -0.25) is 0 Å². The Kier molecular flexibility index (Phi) is 7.69. The standard InChI is InChI=1S/C24H21F5O3/c1-2-31-18-8-6-17(7-9-18)21(24(27,28)29)15-30-14-16-4-3-5-19(12-16)32-20-10-11-22(25)23(26)13-20/h3-13,21H,2,14-15H2,1H3. The van der Waals surface area contributed by atoms with Crippen LogP contribution in [0.2, 0.25) is 0 Å². The molecule has 3 rings (SSSR count). The molecule has 0 fully saturated rings. The van der Waals surface area contributed by atoms with Crippen LogP contribution in [0.25, 0.3) is 0 Å². The number of benzene rings is 3. The third kappa shape index (κ3) is 6.43. The van der Waals surface area contributed by atoms with E-state index < -0.39 is 30.3 Å². The lowest BCUT2D eigenvalue weighted by atomic mass is 9.99. The van der Waals surface area contributed by atoms with Crippen LogP contribution in [-0.2, 0) is 11.3 Å². The highest BCUT2D eigenvalue weighted by atomic mass is 19.4. The lowest BCUT2D eigenvalue weighted by Crippen LogP contribution is -2.25. The first kappa shape index (κ1) is 23.5. The van der Waals surface area contributed by atoms with E-state index in [1.54, 1.807) is 31.2 Å². The summed E-state index contributed by atoms with van der Waals surface area (Å²) in [6, 6.07) is 15.3. The van der Waals surface area contributed by atoms with Gasteiger partial charge < -0.3 is 14.2 Å². The summed E-state index contributed by atoms with van der Waals surface area (Å²) in [6.45, 7) is 1.56. The number of ether oxygens (including phenoxy) is 3. The van der Waals surface area contributed by atoms with E-state index in [-0.39, 0.29) is 17.9 Å². The Hall–Kier alpha value is -3.13. The summed E-state index contributed by atoms with van der Waals surface area (Å²) < 4.78 is 83.2. The molecule has 0 aliphatic rings. The molecule has 0 aliphatic carbocycles. The van der Waals surface area contributed by atoms with Crippen molar-refractivity contribution in [1.29, 1.82) is 0 Å². The highest BCUT2D eigenvalue weighted by Gasteiger charge is 2.40. The first-order valence-corrected chi connectivity index (χ1v) is 9.85. The predicted molar refractivity (Wildman–Crippen MR) is 109 cm³/mol. The van der Waals surface area contributed by atoms with Crippen LogP contribution in [0, 0.1) is 11.6 Å². The van der Waals surface area contributed by atoms with Crippen molar-refractivity contribution in [2.75, 3.05) is 13.2 Å². The third-order valence-corrected chi connectivity index (χ3v) is 4.57. The Morgan fingerprint density at radius 1 is 0.812 bits per heavy atom. The maximum absolute atomic E-state index is 13.6. The Morgan fingerprint density at radius 2 is 1.50 bits per heavy atom. The Bertz CT molecular complexity index is 1020. The minimum absolute atomic E-state index is 0.0800. The molecule has 0 bridgehead atoms. The van der Waals surface area contributed by atoms with E-state index in [1.165, 1.54) is 30.3 Å². The topological polar surface area (TPSA) is 27.7 Å². The van der Waals surface area contributed by atoms with E-state index in [4.69, 9.17) is 14.2 Å². The van der Waals surface area contributed by atoms with E-state index in [1.807, 2.05) is 0 Å². The molecule has 0 radical (unpaired) electrons. The van der Waals surface area contributed by atoms with Gasteiger partial charge in [-0.25, -0.2) is 8.78 Å². The fourth-order valence-corrected chi connectivity index (χ4v) is 3.01. The van der Waals surface area contributed by atoms with Crippen LogP contribution in [0.5, 0.6) is 17.2 Å². The van der Waals surface area contributed by atoms with E-state index in [2.05, 4.69) is 0 Å². The molecule has 0 spiro atoms. The van der Waals surface area contributed by atoms with Gasteiger partial charge in [0.2, 0.25) is 0 Å². The summed E-state index contributed by atoms with van der Waals surface area (Å²) >= 11 is 0. The van der Waals surface area contributed by atoms with Crippen LogP contribution >= 0.6 is 0 Å². The molecule has 170 valence electrons. The normalized spacial score (nSPS) is 12.4. The van der Waals surface area contributed by atoms with Gasteiger partial charge in [0.1, 0.15) is 23.2 Å². The van der Waals surface area contributed by atoms with Gasteiger partial charge in [-0.1, -0.05) is 24.3 Å². The average molecular weight is 452 g/mol. The monoisotopic (exact) mass is 452 g/mol. The van der Waals surface area contributed by atoms with Crippen LogP contribution in [0.15, 0.2) is 66.7 Å². The summed E-state index contributed by atoms with van der Waals surface area (Å²) in [6.07, 6.45) is -4.48. The van der Waals surface area contributed by atoms with Crippen LogP contribution in [-0.4, -0.2) is 19.4 Å². The number of hydrogen-bond donors (Lipinski definition) is 0. The fourth-order valence-electron chi connectivity index (χ4n) is 3.01. The van der Waals surface area contributed by atoms with Crippen molar-refractivity contribution in [2.45, 2.75) is 25.6 Å². The summed E-state index contributed by atoms with van der Waals surface area (Å²) in [5.74, 6) is -2.93. The molecule has 1 unspecified atom stereocenters. The molecule has 32 heavy (non-hydrogen) atoms. The molecular formula is C24H21F5O3. The lowest BCUT2D eigenvalue weighted by molar-refractivity contribution is -0.163. The van der Waals surface area contributed by atoms with Crippen molar-refractivity contribution < 1.29 is 36.2 Å². The molecule has 8 heteroatoms. The van der Waals surface area contributed by atoms with Crippen molar-refractivity contribution in [1.82, 2.24) is 0 Å². The first-order chi connectivity index (χ1) is 15.3. The number of halogens is 5. The first-order valence-electron chi connectivity index (χ1n) is 9.85. The highest BCUT2D eigenvalue weighted by Crippen LogP contribution is 2.36. The molecule has 3 nitrogen and oxygen atoms in total. The fraction of sp³-hybridized carbons (Fsp3) is 0.250. The maximum atomic E-state index is 13.6. The molecule has 0 amide bonds. The second kappa shape index (κ2) is 10.5. The average Bonchev–Trinajstić information content (AvgIpc) is 2.74. The predicted octanol–water partition coefficient (Wildman–Crippen LogP) is 7.02. The summed E-state index contributed by atoms with van der Waals surface area (Å²) in [4.78, 5) is 0. The molecule has 3 aromatic carbocycles. The molecule has 0 heterocycles. The van der Waals surface area contributed by atoms with E-state index in [0.717, 1.165) is 12.1 Å². The summed E-state index contributed by atoms with van der Waals surface area (Å²) in [7, 11) is 0. The zero-order valence-corrected chi connectivity index (χ0v) is 17.2. The van der Waals surface area contributed by atoms with Crippen molar-refractivity contribution >= 4 is 0 Å². The lowest BCUT2D eigenvalue weighted by Gasteiger charge is -2.21. The van der Waals surface area contributed by atoms with Crippen molar-refractivity contribution in [3.8, 4) is 17.2 Å². The van der Waals surface area contributed by atoms with Crippen molar-refractivity contribution in [2.24, 2.45) is 0 Å².